The van der Waals surface area contributed by atoms with E-state index in [9.17, 15) is 9.59 Å². The van der Waals surface area contributed by atoms with E-state index < -0.39 is 5.91 Å². The van der Waals surface area contributed by atoms with Crippen molar-refractivity contribution in [2.24, 2.45) is 5.73 Å². The fourth-order valence-corrected chi connectivity index (χ4v) is 4.20. The molecule has 1 aliphatic heterocycles. The van der Waals surface area contributed by atoms with Crippen molar-refractivity contribution in [2.75, 3.05) is 33.2 Å². The first kappa shape index (κ1) is 22.7. The van der Waals surface area contributed by atoms with Gasteiger partial charge in [0.25, 0.3) is 5.91 Å². The fraction of sp³-hybridized carbons (Fsp3) is 0.259. The number of nitrogens with one attached hydrogen (secondary N) is 1. The number of primary amides is 1. The summed E-state index contributed by atoms with van der Waals surface area (Å²) in [7, 11) is 1.76. The number of piperazine rings is 1. The highest BCUT2D eigenvalue weighted by molar-refractivity contribution is 5.99. The van der Waals surface area contributed by atoms with Gasteiger partial charge in [-0.15, -0.1) is 0 Å². The predicted octanol–water partition coefficient (Wildman–Crippen LogP) is 3.13. The summed E-state index contributed by atoms with van der Waals surface area (Å²) in [5.74, 6) is -0.694. The fourth-order valence-electron chi connectivity index (χ4n) is 4.20. The minimum absolute atomic E-state index is 0.151. The van der Waals surface area contributed by atoms with Gasteiger partial charge in [-0.05, 0) is 52.6 Å². The van der Waals surface area contributed by atoms with Gasteiger partial charge in [-0.3, -0.25) is 14.5 Å². The topological polar surface area (TPSA) is 78.7 Å². The maximum atomic E-state index is 12.9. The normalized spacial score (nSPS) is 14.1. The summed E-state index contributed by atoms with van der Waals surface area (Å²) < 4.78 is 0. The molecule has 4 rings (SSSR count). The van der Waals surface area contributed by atoms with Crippen LogP contribution in [0, 0.1) is 0 Å². The Hall–Kier alpha value is -3.48. The second-order valence-electron chi connectivity index (χ2n) is 8.53. The Bertz CT molecular complexity index is 1140. The van der Waals surface area contributed by atoms with Crippen LogP contribution >= 0.6 is 0 Å². The lowest BCUT2D eigenvalue weighted by Crippen LogP contribution is -2.42. The summed E-state index contributed by atoms with van der Waals surface area (Å²) in [5, 5.41) is 3.40. The van der Waals surface area contributed by atoms with E-state index in [2.05, 4.69) is 46.6 Å². The van der Waals surface area contributed by atoms with E-state index in [1.165, 1.54) is 11.1 Å². The van der Waals surface area contributed by atoms with Crippen molar-refractivity contribution in [1.29, 1.82) is 0 Å². The van der Waals surface area contributed by atoms with Crippen LogP contribution in [-0.4, -0.2) is 54.8 Å². The van der Waals surface area contributed by atoms with E-state index in [-0.39, 0.29) is 5.91 Å². The molecule has 3 N–H and O–H groups in total. The molecular formula is C27H30N4O2. The third kappa shape index (κ3) is 5.86. The van der Waals surface area contributed by atoms with E-state index in [1.54, 1.807) is 36.2 Å². The number of nitrogens with zero attached hydrogens (tertiary/aromatic N) is 2. The molecule has 0 spiro atoms. The van der Waals surface area contributed by atoms with Crippen LogP contribution in [0.4, 0.5) is 0 Å². The zero-order valence-electron chi connectivity index (χ0n) is 19.0. The van der Waals surface area contributed by atoms with Gasteiger partial charge in [0.15, 0.2) is 0 Å². The van der Waals surface area contributed by atoms with Gasteiger partial charge in [-0.1, -0.05) is 42.5 Å². The second kappa shape index (κ2) is 10.4. The van der Waals surface area contributed by atoms with Crippen LogP contribution in [-0.2, 0) is 13.1 Å². The number of nitrogens with two attached hydrogens (primary N) is 1. The predicted molar refractivity (Wildman–Crippen MR) is 131 cm³/mol. The first-order valence-electron chi connectivity index (χ1n) is 11.3. The van der Waals surface area contributed by atoms with Crippen LogP contribution in [0.15, 0.2) is 72.8 Å². The molecule has 6 nitrogen and oxygen atoms in total. The van der Waals surface area contributed by atoms with Crippen molar-refractivity contribution in [2.45, 2.75) is 13.1 Å². The Kier molecular flexibility index (Phi) is 7.17. The number of carbonyl (C=O) groups is 2. The zero-order valence-corrected chi connectivity index (χ0v) is 19.0. The number of hydrogen-bond donors (Lipinski definition) is 2. The molecule has 2 amide bonds. The molecule has 33 heavy (non-hydrogen) atoms. The first-order chi connectivity index (χ1) is 16.0. The molecule has 1 saturated heterocycles. The first-order valence-corrected chi connectivity index (χ1v) is 11.3. The van der Waals surface area contributed by atoms with E-state index in [0.717, 1.165) is 43.9 Å². The largest absolute Gasteiger partial charge is 0.366 e. The summed E-state index contributed by atoms with van der Waals surface area (Å²) in [5.41, 5.74) is 10.8. The lowest BCUT2D eigenvalue weighted by molar-refractivity contribution is 0.0785. The van der Waals surface area contributed by atoms with Crippen LogP contribution < -0.4 is 11.1 Å². The summed E-state index contributed by atoms with van der Waals surface area (Å²) in [6, 6.07) is 23.5. The third-order valence-electron chi connectivity index (χ3n) is 5.96. The molecule has 1 heterocycles. The summed E-state index contributed by atoms with van der Waals surface area (Å²) in [4.78, 5) is 28.4. The smallest absolute Gasteiger partial charge is 0.253 e. The van der Waals surface area contributed by atoms with Crippen molar-refractivity contribution >= 4 is 11.8 Å². The Labute approximate surface area is 195 Å². The highest BCUT2D eigenvalue weighted by atomic mass is 16.2. The highest BCUT2D eigenvalue weighted by Gasteiger charge is 2.14. The van der Waals surface area contributed by atoms with Gasteiger partial charge >= 0.3 is 0 Å². The maximum absolute atomic E-state index is 12.9. The monoisotopic (exact) mass is 442 g/mol. The molecule has 1 aliphatic rings. The number of hydrogen-bond acceptors (Lipinski definition) is 4. The SMILES string of the molecule is CN(Cc1cccc(-c2cccc(CN3CCNCC3)c2)c1)C(=O)c1cccc(C(N)=O)c1. The number of amides is 2. The Balaban J connectivity index is 1.46. The lowest BCUT2D eigenvalue weighted by Gasteiger charge is -2.27. The van der Waals surface area contributed by atoms with Gasteiger partial charge in [0.05, 0.1) is 0 Å². The molecule has 0 aromatic heterocycles. The van der Waals surface area contributed by atoms with E-state index in [0.29, 0.717) is 17.7 Å². The number of benzene rings is 3. The summed E-state index contributed by atoms with van der Waals surface area (Å²) >= 11 is 0. The van der Waals surface area contributed by atoms with Crippen molar-refractivity contribution < 1.29 is 9.59 Å². The van der Waals surface area contributed by atoms with Gasteiger partial charge in [0.1, 0.15) is 0 Å². The Morgan fingerprint density at radius 1 is 0.879 bits per heavy atom. The number of carbonyl (C=O) groups excluding carboxylic acids is 2. The zero-order chi connectivity index (χ0) is 23.2. The minimum Gasteiger partial charge on any atom is -0.366 e. The average Bonchev–Trinajstić information content (AvgIpc) is 2.84. The lowest BCUT2D eigenvalue weighted by atomic mass is 10.0. The van der Waals surface area contributed by atoms with Crippen molar-refractivity contribution in [1.82, 2.24) is 15.1 Å². The molecule has 0 radical (unpaired) electrons. The van der Waals surface area contributed by atoms with E-state index >= 15 is 0 Å². The molecule has 0 unspecified atom stereocenters. The average molecular weight is 443 g/mol. The van der Waals surface area contributed by atoms with Gasteiger partial charge < -0.3 is 16.0 Å². The van der Waals surface area contributed by atoms with Crippen LogP contribution in [0.25, 0.3) is 11.1 Å². The molecule has 0 aliphatic carbocycles. The molecule has 0 atom stereocenters. The van der Waals surface area contributed by atoms with E-state index in [1.807, 2.05) is 12.1 Å². The van der Waals surface area contributed by atoms with Gasteiger partial charge in [0.2, 0.25) is 5.91 Å². The highest BCUT2D eigenvalue weighted by Crippen LogP contribution is 2.23. The van der Waals surface area contributed by atoms with Crippen molar-refractivity contribution in [3.8, 4) is 11.1 Å². The van der Waals surface area contributed by atoms with Crippen molar-refractivity contribution in [3.05, 3.63) is 95.1 Å². The van der Waals surface area contributed by atoms with Crippen LogP contribution in [0.3, 0.4) is 0 Å². The van der Waals surface area contributed by atoms with E-state index in [4.69, 9.17) is 5.73 Å². The molecule has 0 saturated carbocycles. The molecule has 3 aromatic carbocycles. The van der Waals surface area contributed by atoms with Gasteiger partial charge in [-0.25, -0.2) is 0 Å². The summed E-state index contributed by atoms with van der Waals surface area (Å²) in [6.07, 6.45) is 0. The van der Waals surface area contributed by atoms with Crippen molar-refractivity contribution in [3.63, 3.8) is 0 Å². The van der Waals surface area contributed by atoms with Gasteiger partial charge in [0, 0.05) is 57.4 Å². The summed E-state index contributed by atoms with van der Waals surface area (Å²) in [6.45, 7) is 5.65. The molecule has 3 aromatic rings. The van der Waals surface area contributed by atoms with Crippen LogP contribution in [0.5, 0.6) is 0 Å². The molecule has 6 heteroatoms. The van der Waals surface area contributed by atoms with Crippen LogP contribution in [0.1, 0.15) is 31.8 Å². The second-order valence-corrected chi connectivity index (χ2v) is 8.53. The molecular weight excluding hydrogens is 412 g/mol. The van der Waals surface area contributed by atoms with Crippen LogP contribution in [0.2, 0.25) is 0 Å². The minimum atomic E-state index is -0.542. The third-order valence-corrected chi connectivity index (χ3v) is 5.96. The molecule has 0 bridgehead atoms. The molecule has 1 fully saturated rings. The van der Waals surface area contributed by atoms with Gasteiger partial charge in [-0.2, -0.15) is 0 Å². The molecule has 170 valence electrons. The Morgan fingerprint density at radius 3 is 2.18 bits per heavy atom. The number of rotatable bonds is 7. The Morgan fingerprint density at radius 2 is 1.48 bits per heavy atom. The maximum Gasteiger partial charge on any atom is 0.253 e. The quantitative estimate of drug-likeness (QED) is 0.589. The standard InChI is InChI=1S/C27H30N4O2/c1-30(27(33)25-10-4-9-24(17-25)26(28)32)18-20-5-2-7-22(15-20)23-8-3-6-21(16-23)19-31-13-11-29-12-14-31/h2-10,15-17,29H,11-14,18-19H2,1H3,(H2,28,32).